The number of aliphatic hydroxyl groups is 1. The molecule has 1 aromatic rings. The summed E-state index contributed by atoms with van der Waals surface area (Å²) < 4.78 is 0. The number of hydrogen-bond acceptors (Lipinski definition) is 4. The summed E-state index contributed by atoms with van der Waals surface area (Å²) in [4.78, 5) is 4.46. The van der Waals surface area contributed by atoms with Gasteiger partial charge in [0.1, 0.15) is 11.6 Å². The van der Waals surface area contributed by atoms with Gasteiger partial charge in [-0.1, -0.05) is 13.0 Å². The van der Waals surface area contributed by atoms with Gasteiger partial charge in [-0.15, -0.1) is 0 Å². The van der Waals surface area contributed by atoms with E-state index in [9.17, 15) is 0 Å². The maximum absolute atomic E-state index is 8.66. The van der Waals surface area contributed by atoms with Gasteiger partial charge in [-0.3, -0.25) is 0 Å². The van der Waals surface area contributed by atoms with Crippen LogP contribution in [0.2, 0.25) is 0 Å². The van der Waals surface area contributed by atoms with E-state index < -0.39 is 0 Å². The quantitative estimate of drug-likeness (QED) is 0.578. The summed E-state index contributed by atoms with van der Waals surface area (Å²) >= 11 is 0. The van der Waals surface area contributed by atoms with Gasteiger partial charge in [-0.2, -0.15) is 0 Å². The van der Waals surface area contributed by atoms with Gasteiger partial charge < -0.3 is 15.7 Å². The highest BCUT2D eigenvalue weighted by atomic mass is 16.2. The van der Waals surface area contributed by atoms with Crippen LogP contribution in [-0.4, -0.2) is 29.8 Å². The molecule has 0 saturated heterocycles. The summed E-state index contributed by atoms with van der Waals surface area (Å²) in [6.45, 7) is 4.28. The fraction of sp³-hybridized carbons (Fsp3) is 0.615. The summed E-state index contributed by atoms with van der Waals surface area (Å²) in [5, 5.41) is 15.2. The van der Waals surface area contributed by atoms with E-state index in [1.54, 1.807) is 0 Å². The first-order chi connectivity index (χ1) is 8.36. The second kappa shape index (κ2) is 8.82. The number of anilines is 2. The van der Waals surface area contributed by atoms with Crippen LogP contribution in [0.1, 0.15) is 32.6 Å². The number of aromatic nitrogens is 1. The lowest BCUT2D eigenvalue weighted by Gasteiger charge is -2.08. The van der Waals surface area contributed by atoms with Gasteiger partial charge >= 0.3 is 0 Å². The Morgan fingerprint density at radius 1 is 1.06 bits per heavy atom. The largest absolute Gasteiger partial charge is 0.396 e. The van der Waals surface area contributed by atoms with E-state index in [4.69, 9.17) is 5.11 Å². The lowest BCUT2D eigenvalue weighted by Crippen LogP contribution is -2.06. The molecule has 0 unspecified atom stereocenters. The average Bonchev–Trinajstić information content (AvgIpc) is 2.37. The number of nitrogens with zero attached hydrogens (tertiary/aromatic N) is 1. The van der Waals surface area contributed by atoms with Crippen LogP contribution in [0.15, 0.2) is 18.2 Å². The maximum atomic E-state index is 8.66. The Morgan fingerprint density at radius 3 is 2.41 bits per heavy atom. The lowest BCUT2D eigenvalue weighted by atomic mass is 10.2. The lowest BCUT2D eigenvalue weighted by molar-refractivity contribution is 0.283. The minimum Gasteiger partial charge on any atom is -0.396 e. The molecular formula is C13H23N3O. The smallest absolute Gasteiger partial charge is 0.128 e. The molecule has 4 nitrogen and oxygen atoms in total. The van der Waals surface area contributed by atoms with Crippen molar-refractivity contribution in [3.63, 3.8) is 0 Å². The summed E-state index contributed by atoms with van der Waals surface area (Å²) in [5.41, 5.74) is 0. The van der Waals surface area contributed by atoms with Crippen molar-refractivity contribution in [3.05, 3.63) is 18.2 Å². The first-order valence-corrected chi connectivity index (χ1v) is 6.42. The predicted molar refractivity (Wildman–Crippen MR) is 72.4 cm³/mol. The zero-order valence-corrected chi connectivity index (χ0v) is 10.6. The molecule has 0 aliphatic heterocycles. The Hall–Kier alpha value is -1.29. The average molecular weight is 237 g/mol. The van der Waals surface area contributed by atoms with Gasteiger partial charge in [-0.25, -0.2) is 4.98 Å². The molecule has 3 N–H and O–H groups in total. The van der Waals surface area contributed by atoms with E-state index in [2.05, 4.69) is 22.5 Å². The molecule has 96 valence electrons. The Kier molecular flexibility index (Phi) is 7.14. The van der Waals surface area contributed by atoms with Gasteiger partial charge in [0.25, 0.3) is 0 Å². The van der Waals surface area contributed by atoms with Gasteiger partial charge in [0.2, 0.25) is 0 Å². The SMILES string of the molecule is CCCNc1cccc(NCCCCCO)n1. The van der Waals surface area contributed by atoms with E-state index in [1.807, 2.05) is 18.2 Å². The zero-order valence-electron chi connectivity index (χ0n) is 10.6. The number of unbranched alkanes of at least 4 members (excludes halogenated alkanes) is 2. The Balaban J connectivity index is 2.27. The molecule has 1 aromatic heterocycles. The van der Waals surface area contributed by atoms with Crippen molar-refractivity contribution in [3.8, 4) is 0 Å². The third kappa shape index (κ3) is 6.12. The molecule has 0 aromatic carbocycles. The molecule has 0 saturated carbocycles. The minimum atomic E-state index is 0.286. The molecule has 0 aliphatic carbocycles. The second-order valence-corrected chi connectivity index (χ2v) is 4.05. The monoisotopic (exact) mass is 237 g/mol. The molecule has 17 heavy (non-hydrogen) atoms. The molecule has 0 bridgehead atoms. The number of rotatable bonds is 9. The molecule has 0 fully saturated rings. The molecule has 4 heteroatoms. The summed E-state index contributed by atoms with van der Waals surface area (Å²) in [6, 6.07) is 5.96. The van der Waals surface area contributed by atoms with Crippen molar-refractivity contribution in [1.82, 2.24) is 4.98 Å². The van der Waals surface area contributed by atoms with Crippen molar-refractivity contribution in [2.24, 2.45) is 0 Å². The summed E-state index contributed by atoms with van der Waals surface area (Å²) in [7, 11) is 0. The summed E-state index contributed by atoms with van der Waals surface area (Å²) in [6.07, 6.45) is 4.10. The van der Waals surface area contributed by atoms with Gasteiger partial charge in [0, 0.05) is 19.7 Å². The molecule has 0 aliphatic rings. The maximum Gasteiger partial charge on any atom is 0.128 e. The first-order valence-electron chi connectivity index (χ1n) is 6.42. The molecule has 0 radical (unpaired) electrons. The van der Waals surface area contributed by atoms with E-state index in [-0.39, 0.29) is 6.61 Å². The highest BCUT2D eigenvalue weighted by molar-refractivity contribution is 5.44. The second-order valence-electron chi connectivity index (χ2n) is 4.05. The van der Waals surface area contributed by atoms with Crippen LogP contribution in [0.4, 0.5) is 11.6 Å². The van der Waals surface area contributed by atoms with Crippen LogP contribution >= 0.6 is 0 Å². The standard InChI is InChI=1S/C13H23N3O/c1-2-9-14-12-7-6-8-13(16-12)15-10-4-3-5-11-17/h6-8,17H,2-5,9-11H2,1H3,(H2,14,15,16). The van der Waals surface area contributed by atoms with Crippen LogP contribution in [0.5, 0.6) is 0 Å². The van der Waals surface area contributed by atoms with Crippen LogP contribution in [0, 0.1) is 0 Å². The Morgan fingerprint density at radius 2 is 1.76 bits per heavy atom. The predicted octanol–water partition coefficient (Wildman–Crippen LogP) is 2.48. The fourth-order valence-electron chi connectivity index (χ4n) is 1.51. The van der Waals surface area contributed by atoms with Crippen LogP contribution < -0.4 is 10.6 Å². The van der Waals surface area contributed by atoms with E-state index >= 15 is 0 Å². The first kappa shape index (κ1) is 13.8. The van der Waals surface area contributed by atoms with Crippen molar-refractivity contribution in [1.29, 1.82) is 0 Å². The Labute approximate surface area is 103 Å². The van der Waals surface area contributed by atoms with Gasteiger partial charge in [0.05, 0.1) is 0 Å². The highest BCUT2D eigenvalue weighted by Gasteiger charge is 1.96. The molecule has 0 atom stereocenters. The molecule has 1 rings (SSSR count). The zero-order chi connectivity index (χ0) is 12.3. The van der Waals surface area contributed by atoms with Crippen LogP contribution in [0.3, 0.4) is 0 Å². The molecular weight excluding hydrogens is 214 g/mol. The third-order valence-electron chi connectivity index (χ3n) is 2.45. The third-order valence-corrected chi connectivity index (χ3v) is 2.45. The number of pyridine rings is 1. The number of nitrogens with one attached hydrogen (secondary N) is 2. The van der Waals surface area contributed by atoms with Crippen LogP contribution in [-0.2, 0) is 0 Å². The van der Waals surface area contributed by atoms with E-state index in [0.717, 1.165) is 50.4 Å². The van der Waals surface area contributed by atoms with Crippen molar-refractivity contribution >= 4 is 11.6 Å². The fourth-order valence-corrected chi connectivity index (χ4v) is 1.51. The molecule has 0 spiro atoms. The van der Waals surface area contributed by atoms with Crippen molar-refractivity contribution < 1.29 is 5.11 Å². The van der Waals surface area contributed by atoms with Crippen molar-refractivity contribution in [2.45, 2.75) is 32.6 Å². The van der Waals surface area contributed by atoms with E-state index in [0.29, 0.717) is 0 Å². The van der Waals surface area contributed by atoms with E-state index in [1.165, 1.54) is 0 Å². The van der Waals surface area contributed by atoms with Gasteiger partial charge in [-0.05, 0) is 37.8 Å². The van der Waals surface area contributed by atoms with Gasteiger partial charge in [0.15, 0.2) is 0 Å². The van der Waals surface area contributed by atoms with Crippen LogP contribution in [0.25, 0.3) is 0 Å². The Bertz CT molecular complexity index is 304. The normalized spacial score (nSPS) is 10.2. The minimum absolute atomic E-state index is 0.286. The summed E-state index contributed by atoms with van der Waals surface area (Å²) in [5.74, 6) is 1.84. The van der Waals surface area contributed by atoms with Crippen molar-refractivity contribution in [2.75, 3.05) is 30.3 Å². The molecule has 0 amide bonds. The number of hydrogen-bond donors (Lipinski definition) is 3. The number of aliphatic hydroxyl groups excluding tert-OH is 1. The highest BCUT2D eigenvalue weighted by Crippen LogP contribution is 2.09. The molecule has 1 heterocycles. The topological polar surface area (TPSA) is 57.2 Å².